The van der Waals surface area contributed by atoms with Crippen molar-refractivity contribution >= 4 is 16.6 Å². The summed E-state index contributed by atoms with van der Waals surface area (Å²) in [6.07, 6.45) is 3.88. The Hall–Kier alpha value is -2.73. The lowest BCUT2D eigenvalue weighted by Crippen LogP contribution is -2.62. The average molecular weight is 406 g/mol. The normalized spacial score (nSPS) is 18.5. The van der Waals surface area contributed by atoms with Crippen molar-refractivity contribution in [2.45, 2.75) is 57.7 Å². The Balaban J connectivity index is 1.61. The van der Waals surface area contributed by atoms with Crippen LogP contribution >= 0.6 is 0 Å². The molecule has 1 aromatic carbocycles. The maximum Gasteiger partial charge on any atom is 0.258 e. The first-order valence-electron chi connectivity index (χ1n) is 10.5. The van der Waals surface area contributed by atoms with E-state index in [2.05, 4.69) is 55.2 Å². The number of aryl methyl sites for hydroxylation is 1. The maximum absolute atomic E-state index is 12.5. The van der Waals surface area contributed by atoms with Crippen LogP contribution in [-0.4, -0.2) is 38.9 Å². The molecule has 6 heteroatoms. The van der Waals surface area contributed by atoms with Gasteiger partial charge in [-0.3, -0.25) is 4.79 Å². The highest BCUT2D eigenvalue weighted by molar-refractivity contribution is 5.86. The van der Waals surface area contributed by atoms with Gasteiger partial charge in [0.05, 0.1) is 5.69 Å². The molecule has 1 aliphatic rings. The predicted octanol–water partition coefficient (Wildman–Crippen LogP) is 3.74. The van der Waals surface area contributed by atoms with Crippen LogP contribution in [0, 0.1) is 0 Å². The van der Waals surface area contributed by atoms with E-state index < -0.39 is 0 Å². The van der Waals surface area contributed by atoms with Gasteiger partial charge in [0, 0.05) is 48.4 Å². The number of nitrogens with zero attached hydrogens (tertiary/aromatic N) is 4. The minimum absolute atomic E-state index is 0.00481. The van der Waals surface area contributed by atoms with E-state index in [-0.39, 0.29) is 16.6 Å². The molecule has 3 heterocycles. The van der Waals surface area contributed by atoms with E-state index in [1.54, 1.807) is 17.8 Å². The SMILES string of the molecule is CN(c1ccc(-c2ccc3ccn(C)c(=O)c3c2)nn1)C1CC(C)(C)NC(C)(C)C1. The Morgan fingerprint density at radius 1 is 1.03 bits per heavy atom. The fraction of sp³-hybridized carbons (Fsp3) is 0.458. The molecule has 4 rings (SSSR count). The number of hydrogen-bond acceptors (Lipinski definition) is 5. The summed E-state index contributed by atoms with van der Waals surface area (Å²) < 4.78 is 1.60. The number of benzene rings is 1. The Bertz CT molecular complexity index is 1110. The third-order valence-electron chi connectivity index (χ3n) is 6.11. The van der Waals surface area contributed by atoms with Crippen LogP contribution in [0.15, 0.2) is 47.4 Å². The molecule has 0 unspecified atom stereocenters. The van der Waals surface area contributed by atoms with Crippen LogP contribution in [-0.2, 0) is 7.05 Å². The summed E-state index contributed by atoms with van der Waals surface area (Å²) in [6, 6.07) is 12.2. The lowest BCUT2D eigenvalue weighted by Gasteiger charge is -2.49. The van der Waals surface area contributed by atoms with E-state index in [9.17, 15) is 4.79 Å². The van der Waals surface area contributed by atoms with Gasteiger partial charge < -0.3 is 14.8 Å². The van der Waals surface area contributed by atoms with Crippen molar-refractivity contribution in [2.75, 3.05) is 11.9 Å². The number of piperidine rings is 1. The number of fused-ring (bicyclic) bond motifs is 1. The van der Waals surface area contributed by atoms with Crippen LogP contribution in [0.1, 0.15) is 40.5 Å². The van der Waals surface area contributed by atoms with E-state index in [0.29, 0.717) is 11.4 Å². The van der Waals surface area contributed by atoms with Crippen LogP contribution in [0.4, 0.5) is 5.82 Å². The van der Waals surface area contributed by atoms with Gasteiger partial charge in [0.25, 0.3) is 5.56 Å². The zero-order valence-electron chi connectivity index (χ0n) is 18.7. The monoisotopic (exact) mass is 405 g/mol. The van der Waals surface area contributed by atoms with Crippen molar-refractivity contribution in [2.24, 2.45) is 7.05 Å². The highest BCUT2D eigenvalue weighted by atomic mass is 16.1. The summed E-state index contributed by atoms with van der Waals surface area (Å²) in [5.74, 6) is 0.869. The van der Waals surface area contributed by atoms with Gasteiger partial charge in [-0.05, 0) is 70.2 Å². The second kappa shape index (κ2) is 7.20. The van der Waals surface area contributed by atoms with Crippen molar-refractivity contribution in [1.29, 1.82) is 0 Å². The van der Waals surface area contributed by atoms with Crippen LogP contribution in [0.3, 0.4) is 0 Å². The number of hydrogen-bond donors (Lipinski definition) is 1. The van der Waals surface area contributed by atoms with Gasteiger partial charge in [0.15, 0.2) is 5.82 Å². The molecule has 0 atom stereocenters. The fourth-order valence-corrected chi connectivity index (χ4v) is 4.89. The van der Waals surface area contributed by atoms with Crippen LogP contribution < -0.4 is 15.8 Å². The molecule has 3 aromatic rings. The Morgan fingerprint density at radius 2 is 1.73 bits per heavy atom. The lowest BCUT2D eigenvalue weighted by molar-refractivity contribution is 0.160. The van der Waals surface area contributed by atoms with Gasteiger partial charge in [-0.2, -0.15) is 0 Å². The van der Waals surface area contributed by atoms with Crippen molar-refractivity contribution in [3.63, 3.8) is 0 Å². The first-order valence-corrected chi connectivity index (χ1v) is 10.5. The summed E-state index contributed by atoms with van der Waals surface area (Å²) in [6.45, 7) is 9.03. The molecule has 1 N–H and O–H groups in total. The molecule has 0 saturated carbocycles. The Labute approximate surface area is 177 Å². The van der Waals surface area contributed by atoms with Gasteiger partial charge in [0.1, 0.15) is 0 Å². The van der Waals surface area contributed by atoms with E-state index in [1.165, 1.54) is 0 Å². The van der Waals surface area contributed by atoms with Crippen molar-refractivity contribution in [3.05, 3.63) is 52.9 Å². The third kappa shape index (κ3) is 3.97. The second-order valence-corrected chi connectivity index (χ2v) is 9.88. The smallest absolute Gasteiger partial charge is 0.258 e. The quantitative estimate of drug-likeness (QED) is 0.719. The summed E-state index contributed by atoms with van der Waals surface area (Å²) in [4.78, 5) is 14.7. The molecule has 0 spiro atoms. The number of pyridine rings is 1. The molecule has 158 valence electrons. The standard InChI is InChI=1S/C24H31N5O/c1-23(2)14-18(15-24(3,4)27-23)29(6)21-10-9-20(25-26-21)17-8-7-16-11-12-28(5)22(30)19(16)13-17/h7-13,18,27H,14-15H2,1-6H3. The molecular formula is C24H31N5O. The second-order valence-electron chi connectivity index (χ2n) is 9.88. The molecule has 0 amide bonds. The lowest BCUT2D eigenvalue weighted by atomic mass is 9.79. The van der Waals surface area contributed by atoms with E-state index >= 15 is 0 Å². The van der Waals surface area contributed by atoms with Gasteiger partial charge in [-0.15, -0.1) is 10.2 Å². The summed E-state index contributed by atoms with van der Waals surface area (Å²) in [5.41, 5.74) is 1.81. The van der Waals surface area contributed by atoms with Gasteiger partial charge in [-0.1, -0.05) is 12.1 Å². The van der Waals surface area contributed by atoms with Gasteiger partial charge in [-0.25, -0.2) is 0 Å². The maximum atomic E-state index is 12.5. The van der Waals surface area contributed by atoms with Crippen LogP contribution in [0.5, 0.6) is 0 Å². The van der Waals surface area contributed by atoms with Crippen molar-refractivity contribution < 1.29 is 0 Å². The van der Waals surface area contributed by atoms with Crippen LogP contribution in [0.2, 0.25) is 0 Å². The molecule has 1 aliphatic heterocycles. The third-order valence-corrected chi connectivity index (χ3v) is 6.11. The fourth-order valence-electron chi connectivity index (χ4n) is 4.89. The molecule has 1 saturated heterocycles. The molecule has 6 nitrogen and oxygen atoms in total. The zero-order valence-corrected chi connectivity index (χ0v) is 18.7. The molecule has 30 heavy (non-hydrogen) atoms. The zero-order chi connectivity index (χ0) is 21.7. The molecular weight excluding hydrogens is 374 g/mol. The minimum atomic E-state index is -0.00481. The van der Waals surface area contributed by atoms with Crippen molar-refractivity contribution in [3.8, 4) is 11.3 Å². The Kier molecular flexibility index (Phi) is 4.93. The highest BCUT2D eigenvalue weighted by Crippen LogP contribution is 2.32. The Morgan fingerprint density at radius 3 is 2.37 bits per heavy atom. The van der Waals surface area contributed by atoms with E-state index in [0.717, 1.165) is 35.3 Å². The topological polar surface area (TPSA) is 63.1 Å². The number of rotatable bonds is 3. The summed E-state index contributed by atoms with van der Waals surface area (Å²) in [5, 5.41) is 14.4. The largest absolute Gasteiger partial charge is 0.355 e. The molecule has 0 aliphatic carbocycles. The molecule has 0 radical (unpaired) electrons. The summed E-state index contributed by atoms with van der Waals surface area (Å²) in [7, 11) is 3.87. The van der Waals surface area contributed by atoms with E-state index in [4.69, 9.17) is 0 Å². The number of aromatic nitrogens is 3. The first kappa shape index (κ1) is 20.5. The number of anilines is 1. The van der Waals surface area contributed by atoms with Crippen LogP contribution in [0.25, 0.3) is 22.0 Å². The van der Waals surface area contributed by atoms with Gasteiger partial charge in [0.2, 0.25) is 0 Å². The molecule has 2 aromatic heterocycles. The summed E-state index contributed by atoms with van der Waals surface area (Å²) >= 11 is 0. The molecule has 1 fully saturated rings. The average Bonchev–Trinajstić information content (AvgIpc) is 2.68. The van der Waals surface area contributed by atoms with E-state index in [1.807, 2.05) is 36.4 Å². The number of nitrogens with one attached hydrogen (secondary N) is 1. The van der Waals surface area contributed by atoms with Gasteiger partial charge >= 0.3 is 0 Å². The predicted molar refractivity (Wildman–Crippen MR) is 123 cm³/mol. The molecule has 0 bridgehead atoms. The first-order chi connectivity index (χ1) is 14.0. The van der Waals surface area contributed by atoms with Crippen molar-refractivity contribution in [1.82, 2.24) is 20.1 Å². The minimum Gasteiger partial charge on any atom is -0.355 e. The highest BCUT2D eigenvalue weighted by Gasteiger charge is 2.39.